The SMILES string of the molecule is COc1ccc(C2=NN(C(=O)COc3ccc(F)cc3Br)C(c3ccco3)C2)cc1. The van der Waals surface area contributed by atoms with E-state index in [2.05, 4.69) is 21.0 Å². The smallest absolute Gasteiger partial charge is 0.281 e. The molecule has 0 saturated heterocycles. The maximum Gasteiger partial charge on any atom is 0.281 e. The minimum atomic E-state index is -0.397. The van der Waals surface area contributed by atoms with Crippen LogP contribution >= 0.6 is 15.9 Å². The molecule has 1 amide bonds. The second-order valence-electron chi connectivity index (χ2n) is 6.61. The highest BCUT2D eigenvalue weighted by Gasteiger charge is 2.35. The molecule has 30 heavy (non-hydrogen) atoms. The van der Waals surface area contributed by atoms with Crippen molar-refractivity contribution in [2.24, 2.45) is 5.10 Å². The summed E-state index contributed by atoms with van der Waals surface area (Å²) in [6.07, 6.45) is 2.07. The van der Waals surface area contributed by atoms with Gasteiger partial charge in [-0.15, -0.1) is 0 Å². The molecule has 0 N–H and O–H groups in total. The third kappa shape index (κ3) is 4.23. The highest BCUT2D eigenvalue weighted by Crippen LogP contribution is 2.34. The van der Waals surface area contributed by atoms with Crippen molar-refractivity contribution in [1.82, 2.24) is 5.01 Å². The average molecular weight is 473 g/mol. The first-order valence-corrected chi connectivity index (χ1v) is 9.99. The van der Waals surface area contributed by atoms with Crippen LogP contribution in [0, 0.1) is 5.82 Å². The van der Waals surface area contributed by atoms with Crippen molar-refractivity contribution in [3.05, 3.63) is 82.5 Å². The molecule has 1 aliphatic heterocycles. The van der Waals surface area contributed by atoms with Gasteiger partial charge in [0, 0.05) is 6.42 Å². The van der Waals surface area contributed by atoms with Crippen LogP contribution in [-0.2, 0) is 4.79 Å². The molecule has 0 saturated carbocycles. The normalized spacial score (nSPS) is 15.8. The van der Waals surface area contributed by atoms with E-state index in [1.54, 1.807) is 19.4 Å². The third-order valence-electron chi connectivity index (χ3n) is 4.71. The summed E-state index contributed by atoms with van der Waals surface area (Å²) in [5, 5.41) is 5.93. The van der Waals surface area contributed by atoms with Crippen LogP contribution in [0.3, 0.4) is 0 Å². The number of hydrogen-bond donors (Lipinski definition) is 0. The Labute approximate surface area is 181 Å². The van der Waals surface area contributed by atoms with Crippen LogP contribution in [0.1, 0.15) is 23.8 Å². The Hall–Kier alpha value is -3.13. The van der Waals surface area contributed by atoms with Gasteiger partial charge >= 0.3 is 0 Å². The molecular formula is C22H18BrFN2O4. The summed E-state index contributed by atoms with van der Waals surface area (Å²) in [6, 6.07) is 14.7. The van der Waals surface area contributed by atoms with Crippen molar-refractivity contribution in [1.29, 1.82) is 0 Å². The molecular weight excluding hydrogens is 455 g/mol. The van der Waals surface area contributed by atoms with E-state index in [0.717, 1.165) is 17.0 Å². The number of halogens is 2. The molecule has 0 bridgehead atoms. The number of furan rings is 1. The Morgan fingerprint density at radius 1 is 1.27 bits per heavy atom. The number of hydrazone groups is 1. The summed E-state index contributed by atoms with van der Waals surface area (Å²) in [6.45, 7) is -0.249. The molecule has 4 rings (SSSR count). The molecule has 2 aromatic carbocycles. The van der Waals surface area contributed by atoms with E-state index in [1.165, 1.54) is 23.2 Å². The zero-order valence-electron chi connectivity index (χ0n) is 16.0. The Bertz CT molecular complexity index is 1070. The number of hydrogen-bond acceptors (Lipinski definition) is 5. The zero-order valence-corrected chi connectivity index (χ0v) is 17.6. The number of amides is 1. The number of rotatable bonds is 6. The van der Waals surface area contributed by atoms with Crippen molar-refractivity contribution >= 4 is 27.5 Å². The lowest BCUT2D eigenvalue weighted by Crippen LogP contribution is -2.31. The highest BCUT2D eigenvalue weighted by molar-refractivity contribution is 9.10. The number of carbonyl (C=O) groups excluding carboxylic acids is 1. The van der Waals surface area contributed by atoms with Crippen LogP contribution in [-0.4, -0.2) is 30.3 Å². The number of nitrogens with zero attached hydrogens (tertiary/aromatic N) is 2. The predicted octanol–water partition coefficient (Wildman–Crippen LogP) is 4.95. The van der Waals surface area contributed by atoms with Gasteiger partial charge in [-0.3, -0.25) is 4.79 Å². The van der Waals surface area contributed by atoms with Gasteiger partial charge < -0.3 is 13.9 Å². The van der Waals surface area contributed by atoms with Gasteiger partial charge in [-0.25, -0.2) is 9.40 Å². The van der Waals surface area contributed by atoms with Crippen molar-refractivity contribution in [2.45, 2.75) is 12.5 Å². The quantitative estimate of drug-likeness (QED) is 0.509. The van der Waals surface area contributed by atoms with Crippen molar-refractivity contribution in [3.8, 4) is 11.5 Å². The molecule has 0 fully saturated rings. The Kier molecular flexibility index (Phi) is 5.85. The topological polar surface area (TPSA) is 64.3 Å². The van der Waals surface area contributed by atoms with Gasteiger partial charge in [-0.05, 0) is 76.1 Å². The van der Waals surface area contributed by atoms with Crippen LogP contribution < -0.4 is 9.47 Å². The molecule has 2 heterocycles. The van der Waals surface area contributed by atoms with Crippen LogP contribution in [0.25, 0.3) is 0 Å². The van der Waals surface area contributed by atoms with Crippen LogP contribution in [0.2, 0.25) is 0 Å². The lowest BCUT2D eigenvalue weighted by Gasteiger charge is -2.20. The molecule has 0 radical (unpaired) electrons. The Morgan fingerprint density at radius 2 is 2.07 bits per heavy atom. The average Bonchev–Trinajstić information content (AvgIpc) is 3.43. The minimum absolute atomic E-state index is 0.249. The number of ether oxygens (including phenoxy) is 2. The lowest BCUT2D eigenvalue weighted by molar-refractivity contribution is -0.135. The summed E-state index contributed by atoms with van der Waals surface area (Å²) in [7, 11) is 1.61. The first kappa shape index (κ1) is 20.2. The number of benzene rings is 2. The highest BCUT2D eigenvalue weighted by atomic mass is 79.9. The summed E-state index contributed by atoms with van der Waals surface area (Å²) in [4.78, 5) is 12.9. The first-order chi connectivity index (χ1) is 14.5. The molecule has 1 unspecified atom stereocenters. The number of methoxy groups -OCH3 is 1. The molecule has 1 atom stereocenters. The van der Waals surface area contributed by atoms with E-state index in [9.17, 15) is 9.18 Å². The molecule has 8 heteroatoms. The molecule has 154 valence electrons. The van der Waals surface area contributed by atoms with Gasteiger partial charge in [0.05, 0.1) is 23.6 Å². The van der Waals surface area contributed by atoms with Gasteiger partial charge in [-0.1, -0.05) is 0 Å². The second-order valence-corrected chi connectivity index (χ2v) is 7.47. The standard InChI is InChI=1S/C22H18BrFN2O4/c1-28-16-7-4-14(5-8-16)18-12-19(21-3-2-10-29-21)26(25-18)22(27)13-30-20-9-6-15(24)11-17(20)23/h2-11,19H,12-13H2,1H3. The van der Waals surface area contributed by atoms with Crippen molar-refractivity contribution in [3.63, 3.8) is 0 Å². The molecule has 3 aromatic rings. The maximum absolute atomic E-state index is 13.3. The largest absolute Gasteiger partial charge is 0.497 e. The van der Waals surface area contributed by atoms with E-state index in [4.69, 9.17) is 13.9 Å². The molecule has 0 spiro atoms. The summed E-state index contributed by atoms with van der Waals surface area (Å²) in [5.41, 5.74) is 1.65. The molecule has 1 aliphatic rings. The van der Waals surface area contributed by atoms with Crippen molar-refractivity contribution < 1.29 is 23.1 Å². The van der Waals surface area contributed by atoms with Gasteiger partial charge in [0.1, 0.15) is 29.1 Å². The summed E-state index contributed by atoms with van der Waals surface area (Å²) < 4.78 is 30.0. The van der Waals surface area contributed by atoms with E-state index >= 15 is 0 Å². The molecule has 1 aromatic heterocycles. The molecule has 6 nitrogen and oxygen atoms in total. The second kappa shape index (κ2) is 8.71. The van der Waals surface area contributed by atoms with E-state index in [0.29, 0.717) is 22.4 Å². The van der Waals surface area contributed by atoms with Crippen LogP contribution in [0.5, 0.6) is 11.5 Å². The van der Waals surface area contributed by atoms with E-state index < -0.39 is 5.82 Å². The van der Waals surface area contributed by atoms with E-state index in [-0.39, 0.29) is 18.6 Å². The van der Waals surface area contributed by atoms with Gasteiger partial charge in [0.15, 0.2) is 6.61 Å². The Balaban J connectivity index is 1.55. The fraction of sp³-hybridized carbons (Fsp3) is 0.182. The summed E-state index contributed by atoms with van der Waals surface area (Å²) >= 11 is 3.23. The molecule has 0 aliphatic carbocycles. The van der Waals surface area contributed by atoms with E-state index in [1.807, 2.05) is 30.3 Å². The predicted molar refractivity (Wildman–Crippen MR) is 112 cm³/mol. The monoisotopic (exact) mass is 472 g/mol. The fourth-order valence-electron chi connectivity index (χ4n) is 3.20. The fourth-order valence-corrected chi connectivity index (χ4v) is 3.66. The van der Waals surface area contributed by atoms with Crippen LogP contribution in [0.15, 0.2) is 74.9 Å². The summed E-state index contributed by atoms with van der Waals surface area (Å²) in [5.74, 6) is 1.02. The third-order valence-corrected chi connectivity index (χ3v) is 5.33. The maximum atomic E-state index is 13.3. The minimum Gasteiger partial charge on any atom is -0.497 e. The zero-order chi connectivity index (χ0) is 21.1. The van der Waals surface area contributed by atoms with Gasteiger partial charge in [0.25, 0.3) is 5.91 Å². The van der Waals surface area contributed by atoms with Crippen molar-refractivity contribution in [2.75, 3.05) is 13.7 Å². The van der Waals surface area contributed by atoms with Gasteiger partial charge in [-0.2, -0.15) is 5.10 Å². The Morgan fingerprint density at radius 3 is 2.73 bits per heavy atom. The number of carbonyl (C=O) groups is 1. The lowest BCUT2D eigenvalue weighted by atomic mass is 10.0. The van der Waals surface area contributed by atoms with Gasteiger partial charge in [0.2, 0.25) is 0 Å². The van der Waals surface area contributed by atoms with Crippen LogP contribution in [0.4, 0.5) is 4.39 Å². The first-order valence-electron chi connectivity index (χ1n) is 9.20.